The maximum absolute atomic E-state index is 13.3. The molecular formula is C21H16Cl2N4O2. The molecule has 0 spiro atoms. The van der Waals surface area contributed by atoms with Crippen molar-refractivity contribution in [2.75, 3.05) is 11.4 Å². The molecular weight excluding hydrogens is 411 g/mol. The molecule has 2 aliphatic rings. The lowest BCUT2D eigenvalue weighted by molar-refractivity contribution is 0.0968. The standard InChI is InChI=1S/C21H16Cl2N4O2/c1-11-24-20(25-27(11)19-14(22)5-3-6-15(19)23)21(29)26-10-12-8-9-17(28)13-4-2-7-16(26)18(12)13/h2-7,12H,8-10H2,1H3. The molecule has 29 heavy (non-hydrogen) atoms. The van der Waals surface area contributed by atoms with Crippen LogP contribution in [0.15, 0.2) is 36.4 Å². The van der Waals surface area contributed by atoms with E-state index in [0.29, 0.717) is 34.5 Å². The minimum Gasteiger partial charge on any atom is -0.305 e. The van der Waals surface area contributed by atoms with E-state index in [4.69, 9.17) is 23.2 Å². The largest absolute Gasteiger partial charge is 0.305 e. The number of aryl methyl sites for hydroxylation is 1. The molecule has 2 aromatic carbocycles. The molecule has 1 aromatic heterocycles. The fraction of sp³-hybridized carbons (Fsp3) is 0.238. The third-order valence-electron chi connectivity index (χ3n) is 5.56. The van der Waals surface area contributed by atoms with Crippen LogP contribution >= 0.6 is 23.2 Å². The minimum atomic E-state index is -0.301. The monoisotopic (exact) mass is 426 g/mol. The highest BCUT2D eigenvalue weighted by molar-refractivity contribution is 6.37. The summed E-state index contributed by atoms with van der Waals surface area (Å²) in [6.45, 7) is 2.27. The number of hydrogen-bond acceptors (Lipinski definition) is 4. The lowest BCUT2D eigenvalue weighted by Crippen LogP contribution is -2.31. The molecule has 1 atom stereocenters. The summed E-state index contributed by atoms with van der Waals surface area (Å²) in [7, 11) is 0. The van der Waals surface area contributed by atoms with Crippen LogP contribution in [-0.4, -0.2) is 33.0 Å². The van der Waals surface area contributed by atoms with Gasteiger partial charge in [0.25, 0.3) is 5.91 Å². The summed E-state index contributed by atoms with van der Waals surface area (Å²) in [6.07, 6.45) is 1.27. The number of nitrogens with zero attached hydrogens (tertiary/aromatic N) is 4. The van der Waals surface area contributed by atoms with Crippen LogP contribution in [0.3, 0.4) is 0 Å². The van der Waals surface area contributed by atoms with E-state index in [2.05, 4.69) is 10.1 Å². The van der Waals surface area contributed by atoms with Crippen molar-refractivity contribution < 1.29 is 9.59 Å². The number of amides is 1. The molecule has 3 aromatic rings. The number of aromatic nitrogens is 3. The first-order chi connectivity index (χ1) is 14.0. The normalized spacial score (nSPS) is 17.6. The quantitative estimate of drug-likeness (QED) is 0.600. The lowest BCUT2D eigenvalue weighted by atomic mass is 9.83. The van der Waals surface area contributed by atoms with Crippen molar-refractivity contribution in [3.63, 3.8) is 0 Å². The zero-order chi connectivity index (χ0) is 20.3. The van der Waals surface area contributed by atoms with Gasteiger partial charge in [0.1, 0.15) is 11.5 Å². The summed E-state index contributed by atoms with van der Waals surface area (Å²) in [5.74, 6) is 0.585. The average molecular weight is 427 g/mol. The van der Waals surface area contributed by atoms with Crippen LogP contribution in [0, 0.1) is 6.92 Å². The highest BCUT2D eigenvalue weighted by atomic mass is 35.5. The van der Waals surface area contributed by atoms with Crippen LogP contribution in [0.1, 0.15) is 51.1 Å². The van der Waals surface area contributed by atoms with E-state index in [-0.39, 0.29) is 23.4 Å². The Hall–Kier alpha value is -2.70. The molecule has 0 radical (unpaired) electrons. The van der Waals surface area contributed by atoms with E-state index in [0.717, 1.165) is 23.2 Å². The number of ketones is 1. The van der Waals surface area contributed by atoms with Crippen molar-refractivity contribution in [2.45, 2.75) is 25.7 Å². The molecule has 1 aliphatic heterocycles. The second-order valence-corrected chi connectivity index (χ2v) is 8.09. The van der Waals surface area contributed by atoms with Crippen molar-refractivity contribution in [1.82, 2.24) is 14.8 Å². The van der Waals surface area contributed by atoms with E-state index in [9.17, 15) is 9.59 Å². The molecule has 0 fully saturated rings. The molecule has 146 valence electrons. The van der Waals surface area contributed by atoms with Gasteiger partial charge < -0.3 is 4.90 Å². The first kappa shape index (κ1) is 18.3. The number of halogens is 2. The highest BCUT2D eigenvalue weighted by Crippen LogP contribution is 2.44. The van der Waals surface area contributed by atoms with E-state index in [1.807, 2.05) is 18.2 Å². The summed E-state index contributed by atoms with van der Waals surface area (Å²) < 4.78 is 1.49. The Labute approximate surface area is 177 Å². The molecule has 0 bridgehead atoms. The van der Waals surface area contributed by atoms with Crippen LogP contribution < -0.4 is 4.90 Å². The van der Waals surface area contributed by atoms with Gasteiger partial charge in [-0.15, -0.1) is 5.10 Å². The number of benzene rings is 2. The summed E-state index contributed by atoms with van der Waals surface area (Å²) in [5.41, 5.74) is 2.97. The molecule has 1 unspecified atom stereocenters. The maximum atomic E-state index is 13.3. The number of anilines is 1. The molecule has 0 saturated carbocycles. The van der Waals surface area contributed by atoms with Crippen LogP contribution in [-0.2, 0) is 0 Å². The molecule has 8 heteroatoms. The number of para-hydroxylation sites is 1. The third kappa shape index (κ3) is 2.78. The summed E-state index contributed by atoms with van der Waals surface area (Å²) in [4.78, 5) is 31.6. The van der Waals surface area contributed by atoms with Crippen molar-refractivity contribution in [2.24, 2.45) is 0 Å². The lowest BCUT2D eigenvalue weighted by Gasteiger charge is -2.18. The van der Waals surface area contributed by atoms with Crippen molar-refractivity contribution in [3.05, 3.63) is 69.2 Å². The SMILES string of the molecule is Cc1nc(C(=O)N2CC3CCC(=O)c4cccc2c43)nn1-c1c(Cl)cccc1Cl. The average Bonchev–Trinajstić information content (AvgIpc) is 3.26. The van der Waals surface area contributed by atoms with E-state index < -0.39 is 0 Å². The molecule has 0 saturated heterocycles. The van der Waals surface area contributed by atoms with Crippen molar-refractivity contribution >= 4 is 40.6 Å². The van der Waals surface area contributed by atoms with Gasteiger partial charge in [-0.1, -0.05) is 41.4 Å². The Kier molecular flexibility index (Phi) is 4.22. The molecule has 1 aliphatic carbocycles. The number of rotatable bonds is 2. The third-order valence-corrected chi connectivity index (χ3v) is 6.17. The highest BCUT2D eigenvalue weighted by Gasteiger charge is 2.39. The zero-order valence-electron chi connectivity index (χ0n) is 15.5. The van der Waals surface area contributed by atoms with Gasteiger partial charge in [-0.05, 0) is 37.1 Å². The second kappa shape index (κ2) is 6.68. The van der Waals surface area contributed by atoms with E-state index in [1.54, 1.807) is 30.0 Å². The van der Waals surface area contributed by atoms with Crippen LogP contribution in [0.2, 0.25) is 10.0 Å². The summed E-state index contributed by atoms with van der Waals surface area (Å²) in [5, 5.41) is 5.24. The van der Waals surface area contributed by atoms with Gasteiger partial charge in [0, 0.05) is 30.1 Å². The Bertz CT molecular complexity index is 1170. The van der Waals surface area contributed by atoms with E-state index in [1.165, 1.54) is 4.68 Å². The zero-order valence-corrected chi connectivity index (χ0v) is 17.0. The van der Waals surface area contributed by atoms with Crippen molar-refractivity contribution in [1.29, 1.82) is 0 Å². The fourth-order valence-corrected chi connectivity index (χ4v) is 4.80. The molecule has 6 nitrogen and oxygen atoms in total. The minimum absolute atomic E-state index is 0.0704. The first-order valence-electron chi connectivity index (χ1n) is 9.31. The van der Waals surface area contributed by atoms with Gasteiger partial charge in [-0.25, -0.2) is 9.67 Å². The Morgan fingerprint density at radius 2 is 1.86 bits per heavy atom. The van der Waals surface area contributed by atoms with Crippen LogP contribution in [0.4, 0.5) is 5.69 Å². The Morgan fingerprint density at radius 1 is 1.14 bits per heavy atom. The van der Waals surface area contributed by atoms with Gasteiger partial charge >= 0.3 is 0 Å². The Balaban J connectivity index is 1.55. The first-order valence-corrected chi connectivity index (χ1v) is 10.1. The fourth-order valence-electron chi connectivity index (χ4n) is 4.24. The van der Waals surface area contributed by atoms with E-state index >= 15 is 0 Å². The smallest absolute Gasteiger partial charge is 0.297 e. The van der Waals surface area contributed by atoms with Crippen LogP contribution in [0.5, 0.6) is 0 Å². The van der Waals surface area contributed by atoms with Gasteiger partial charge in [-0.2, -0.15) is 0 Å². The second-order valence-electron chi connectivity index (χ2n) is 7.28. The van der Waals surface area contributed by atoms with Crippen LogP contribution in [0.25, 0.3) is 5.69 Å². The number of carbonyl (C=O) groups excluding carboxylic acids is 2. The number of hydrogen-bond donors (Lipinski definition) is 0. The summed E-state index contributed by atoms with van der Waals surface area (Å²) in [6, 6.07) is 10.7. The number of carbonyl (C=O) groups is 2. The predicted octanol–water partition coefficient (Wildman–Crippen LogP) is 4.60. The van der Waals surface area contributed by atoms with Gasteiger partial charge in [0.05, 0.1) is 10.0 Å². The molecule has 1 amide bonds. The topological polar surface area (TPSA) is 68.1 Å². The van der Waals surface area contributed by atoms with Gasteiger partial charge in [0.15, 0.2) is 5.78 Å². The Morgan fingerprint density at radius 3 is 2.62 bits per heavy atom. The molecule has 0 N–H and O–H groups in total. The predicted molar refractivity (Wildman–Crippen MR) is 111 cm³/mol. The number of Topliss-reactive ketones (excluding diaryl/α,β-unsaturated/α-hetero) is 1. The van der Waals surface area contributed by atoms with Gasteiger partial charge in [-0.3, -0.25) is 9.59 Å². The molecule has 2 heterocycles. The summed E-state index contributed by atoms with van der Waals surface area (Å²) >= 11 is 12.6. The van der Waals surface area contributed by atoms with Crippen molar-refractivity contribution in [3.8, 4) is 5.69 Å². The van der Waals surface area contributed by atoms with Gasteiger partial charge in [0.2, 0.25) is 5.82 Å². The molecule has 5 rings (SSSR count). The maximum Gasteiger partial charge on any atom is 0.297 e.